The summed E-state index contributed by atoms with van der Waals surface area (Å²) >= 11 is 0.698. The lowest BCUT2D eigenvalue weighted by molar-refractivity contribution is -0.140. The average Bonchev–Trinajstić information content (AvgIpc) is 3.40. The van der Waals surface area contributed by atoms with E-state index in [1.54, 1.807) is 48.9 Å². The van der Waals surface area contributed by atoms with E-state index in [0.717, 1.165) is 11.8 Å². The van der Waals surface area contributed by atoms with Crippen LogP contribution in [0.5, 0.6) is 0 Å². The number of hydrogen-bond donors (Lipinski definition) is 2. The number of nitrogens with zero attached hydrogens (tertiary/aromatic N) is 3. The van der Waals surface area contributed by atoms with Gasteiger partial charge in [-0.2, -0.15) is 18.3 Å². The summed E-state index contributed by atoms with van der Waals surface area (Å²) in [7, 11) is 0. The lowest BCUT2D eigenvalue weighted by Crippen LogP contribution is -2.18. The number of carbonyl (C=O) groups is 2. The highest BCUT2D eigenvalue weighted by molar-refractivity contribution is 7.21. The first-order chi connectivity index (χ1) is 18.1. The normalized spacial score (nSPS) is 11.6. The van der Waals surface area contributed by atoms with E-state index < -0.39 is 23.7 Å². The van der Waals surface area contributed by atoms with Crippen LogP contribution in [0.4, 0.5) is 18.9 Å². The fraction of sp³-hybridized carbons (Fsp3) is 0.111. The molecule has 3 heterocycles. The summed E-state index contributed by atoms with van der Waals surface area (Å²) in [6, 6.07) is 18.5. The maximum absolute atomic E-state index is 13.7. The van der Waals surface area contributed by atoms with Crippen molar-refractivity contribution in [2.24, 2.45) is 5.73 Å². The number of anilines is 1. The zero-order valence-electron chi connectivity index (χ0n) is 20.1. The van der Waals surface area contributed by atoms with Gasteiger partial charge in [0.15, 0.2) is 0 Å². The number of fused-ring (bicyclic) bond motifs is 1. The number of amides is 2. The fourth-order valence-corrected chi connectivity index (χ4v) is 5.36. The second kappa shape index (κ2) is 9.42. The van der Waals surface area contributed by atoms with Gasteiger partial charge in [0.2, 0.25) is 0 Å². The van der Waals surface area contributed by atoms with Crippen LogP contribution in [0.3, 0.4) is 0 Å². The van der Waals surface area contributed by atoms with Crippen molar-refractivity contribution in [1.82, 2.24) is 14.8 Å². The monoisotopic (exact) mass is 535 g/mol. The minimum absolute atomic E-state index is 0.00818. The van der Waals surface area contributed by atoms with Gasteiger partial charge in [-0.05, 0) is 43.2 Å². The van der Waals surface area contributed by atoms with E-state index in [2.05, 4.69) is 15.4 Å². The molecule has 38 heavy (non-hydrogen) atoms. The molecule has 0 radical (unpaired) electrons. The summed E-state index contributed by atoms with van der Waals surface area (Å²) in [5, 5.41) is 7.42. The molecular weight excluding hydrogens is 515 g/mol. The third kappa shape index (κ3) is 4.41. The Bertz CT molecular complexity index is 1690. The number of thiophene rings is 1. The second-order valence-corrected chi connectivity index (χ2v) is 9.52. The second-order valence-electron chi connectivity index (χ2n) is 8.52. The lowest BCUT2D eigenvalue weighted by Gasteiger charge is -2.12. The summed E-state index contributed by atoms with van der Waals surface area (Å²) in [5.74, 6) is -1.48. The van der Waals surface area contributed by atoms with Gasteiger partial charge in [0.05, 0.1) is 28.3 Å². The molecular formula is C27H20F3N5O2S. The van der Waals surface area contributed by atoms with E-state index >= 15 is 0 Å². The summed E-state index contributed by atoms with van der Waals surface area (Å²) in [6.45, 7) is 3.41. The van der Waals surface area contributed by atoms with Crippen molar-refractivity contribution in [2.75, 3.05) is 5.32 Å². The van der Waals surface area contributed by atoms with Crippen molar-refractivity contribution in [1.29, 1.82) is 0 Å². The number of alkyl halides is 3. The number of aromatic nitrogens is 3. The number of rotatable bonds is 5. The van der Waals surface area contributed by atoms with Gasteiger partial charge in [0.25, 0.3) is 11.8 Å². The molecule has 3 N–H and O–H groups in total. The molecule has 2 aromatic carbocycles. The Morgan fingerprint density at radius 1 is 1.00 bits per heavy atom. The molecule has 0 atom stereocenters. The first kappa shape index (κ1) is 25.2. The Balaban J connectivity index is 1.69. The Morgan fingerprint density at radius 3 is 2.24 bits per heavy atom. The Labute approximate surface area is 218 Å². The molecule has 7 nitrogen and oxygen atoms in total. The van der Waals surface area contributed by atoms with Crippen LogP contribution >= 0.6 is 11.3 Å². The van der Waals surface area contributed by atoms with Crippen LogP contribution in [0.2, 0.25) is 0 Å². The van der Waals surface area contributed by atoms with E-state index in [1.165, 1.54) is 0 Å². The lowest BCUT2D eigenvalue weighted by atomic mass is 10.0. The Kier molecular flexibility index (Phi) is 6.23. The molecule has 0 fully saturated rings. The van der Waals surface area contributed by atoms with Crippen molar-refractivity contribution in [3.8, 4) is 16.8 Å². The zero-order valence-corrected chi connectivity index (χ0v) is 20.9. The van der Waals surface area contributed by atoms with E-state index in [4.69, 9.17) is 5.73 Å². The van der Waals surface area contributed by atoms with Crippen LogP contribution in [0.15, 0.2) is 66.7 Å². The zero-order chi connectivity index (χ0) is 27.2. The molecule has 5 aromatic rings. The minimum atomic E-state index is -4.72. The molecule has 0 saturated carbocycles. The topological polar surface area (TPSA) is 103 Å². The van der Waals surface area contributed by atoms with E-state index in [-0.39, 0.29) is 31.9 Å². The molecule has 0 aliphatic carbocycles. The molecule has 3 aromatic heterocycles. The van der Waals surface area contributed by atoms with Crippen molar-refractivity contribution < 1.29 is 22.8 Å². The van der Waals surface area contributed by atoms with Crippen LogP contribution in [0.25, 0.3) is 27.0 Å². The van der Waals surface area contributed by atoms with Crippen LogP contribution < -0.4 is 11.1 Å². The number of halogens is 3. The first-order valence-electron chi connectivity index (χ1n) is 11.4. The standard InChI is InChI=1S/C27H20F3N5O2S/c1-14-20(15(2)35(34-14)17-11-7-4-8-12-17)25(37)33-22-21-18(16-9-5-3-6-10-16)13-19(27(28,29)30)32-26(21)38-23(22)24(31)36/h3-13H,1-2H3,(H2,31,36)(H,33,37). The maximum Gasteiger partial charge on any atom is 0.433 e. The summed E-state index contributed by atoms with van der Waals surface area (Å²) in [5.41, 5.74) is 7.11. The number of pyridine rings is 1. The number of aryl methyl sites for hydroxylation is 1. The van der Waals surface area contributed by atoms with Crippen molar-refractivity contribution in [3.05, 3.63) is 94.3 Å². The largest absolute Gasteiger partial charge is 0.433 e. The Hall–Kier alpha value is -4.51. The summed E-state index contributed by atoms with van der Waals surface area (Å²) in [6.07, 6.45) is -4.72. The average molecular weight is 536 g/mol. The van der Waals surface area contributed by atoms with Crippen LogP contribution in [-0.2, 0) is 6.18 Å². The van der Waals surface area contributed by atoms with Gasteiger partial charge < -0.3 is 11.1 Å². The SMILES string of the molecule is Cc1nn(-c2ccccc2)c(C)c1C(=O)Nc1c(C(N)=O)sc2nc(C(F)(F)F)cc(-c3ccccc3)c12. The molecule has 0 saturated heterocycles. The minimum Gasteiger partial charge on any atom is -0.365 e. The number of benzene rings is 2. The molecule has 5 rings (SSSR count). The van der Waals surface area contributed by atoms with E-state index in [1.807, 2.05) is 30.3 Å². The smallest absolute Gasteiger partial charge is 0.365 e. The van der Waals surface area contributed by atoms with Crippen molar-refractivity contribution in [3.63, 3.8) is 0 Å². The maximum atomic E-state index is 13.7. The summed E-state index contributed by atoms with van der Waals surface area (Å²) in [4.78, 5) is 29.5. The number of primary amides is 1. The van der Waals surface area contributed by atoms with Crippen LogP contribution in [-0.4, -0.2) is 26.6 Å². The van der Waals surface area contributed by atoms with E-state index in [9.17, 15) is 22.8 Å². The third-order valence-electron chi connectivity index (χ3n) is 6.02. The van der Waals surface area contributed by atoms with Crippen molar-refractivity contribution >= 4 is 39.1 Å². The van der Waals surface area contributed by atoms with Gasteiger partial charge >= 0.3 is 6.18 Å². The van der Waals surface area contributed by atoms with Gasteiger partial charge in [0, 0.05) is 5.39 Å². The Morgan fingerprint density at radius 2 is 1.63 bits per heavy atom. The number of para-hydroxylation sites is 1. The molecule has 0 bridgehead atoms. The van der Waals surface area contributed by atoms with Gasteiger partial charge in [0.1, 0.15) is 15.4 Å². The van der Waals surface area contributed by atoms with E-state index in [0.29, 0.717) is 28.3 Å². The predicted molar refractivity (Wildman–Crippen MR) is 140 cm³/mol. The first-order valence-corrected chi connectivity index (χ1v) is 12.2. The van der Waals surface area contributed by atoms with Gasteiger partial charge in [-0.15, -0.1) is 11.3 Å². The highest BCUT2D eigenvalue weighted by Crippen LogP contribution is 2.43. The van der Waals surface area contributed by atoms with Crippen LogP contribution in [0, 0.1) is 13.8 Å². The molecule has 11 heteroatoms. The van der Waals surface area contributed by atoms with Gasteiger partial charge in [-0.1, -0.05) is 48.5 Å². The third-order valence-corrected chi connectivity index (χ3v) is 7.12. The highest BCUT2D eigenvalue weighted by Gasteiger charge is 2.35. The highest BCUT2D eigenvalue weighted by atomic mass is 32.1. The van der Waals surface area contributed by atoms with Crippen LogP contribution in [0.1, 0.15) is 37.1 Å². The van der Waals surface area contributed by atoms with Gasteiger partial charge in [-0.3, -0.25) is 9.59 Å². The number of nitrogens with two attached hydrogens (primary N) is 1. The molecule has 2 amide bonds. The number of carbonyl (C=O) groups excluding carboxylic acids is 2. The fourth-order valence-electron chi connectivity index (χ4n) is 4.35. The quantitative estimate of drug-likeness (QED) is 0.282. The van der Waals surface area contributed by atoms with Gasteiger partial charge in [-0.25, -0.2) is 9.67 Å². The molecule has 0 aliphatic heterocycles. The number of hydrogen-bond acceptors (Lipinski definition) is 5. The molecule has 0 aliphatic rings. The number of nitrogens with one attached hydrogen (secondary N) is 1. The molecule has 192 valence electrons. The van der Waals surface area contributed by atoms with Crippen molar-refractivity contribution in [2.45, 2.75) is 20.0 Å². The molecule has 0 unspecified atom stereocenters. The summed E-state index contributed by atoms with van der Waals surface area (Å²) < 4.78 is 42.8. The predicted octanol–water partition coefficient (Wildman–Crippen LogP) is 6.14. The molecule has 0 spiro atoms.